The van der Waals surface area contributed by atoms with E-state index in [-0.39, 0.29) is 4.90 Å². The van der Waals surface area contributed by atoms with Gasteiger partial charge in [0.1, 0.15) is 23.2 Å². The van der Waals surface area contributed by atoms with Gasteiger partial charge in [-0.15, -0.1) is 0 Å². The number of allylic oxidation sites excluding steroid dienone is 5. The van der Waals surface area contributed by atoms with Crippen molar-refractivity contribution in [1.29, 1.82) is 0 Å². The average Bonchev–Trinajstić information content (AvgIpc) is 3.00. The third kappa shape index (κ3) is 6.87. The Morgan fingerprint density at radius 2 is 1.27 bits per heavy atom. The first-order valence-electron chi connectivity index (χ1n) is 14.2. The molecule has 0 saturated heterocycles. The van der Waals surface area contributed by atoms with Gasteiger partial charge in [-0.05, 0) is 105 Å². The summed E-state index contributed by atoms with van der Waals surface area (Å²) in [6.07, 6.45) is 8.75. The Morgan fingerprint density at radius 3 is 1.76 bits per heavy atom. The molecular formula is C34H39N3O3S. The molecule has 0 saturated carbocycles. The largest absolute Gasteiger partial charge is 0.744 e. The number of anilines is 3. The van der Waals surface area contributed by atoms with Crippen molar-refractivity contribution in [3.8, 4) is 0 Å². The van der Waals surface area contributed by atoms with Crippen LogP contribution < -0.4 is 9.80 Å². The SMILES string of the molecule is CCN(CC)c1ccc(C(=C2C=CC(=[N+](CC)CC)C=C2)c2ccc(N(C)c3cccc(S(=O)(=O)[O-])c3)cc2)cc1. The maximum absolute atomic E-state index is 11.5. The van der Waals surface area contributed by atoms with E-state index in [9.17, 15) is 13.0 Å². The van der Waals surface area contributed by atoms with E-state index in [0.29, 0.717) is 5.69 Å². The lowest BCUT2D eigenvalue weighted by atomic mass is 9.90. The summed E-state index contributed by atoms with van der Waals surface area (Å²) in [7, 11) is -2.68. The predicted molar refractivity (Wildman–Crippen MR) is 170 cm³/mol. The van der Waals surface area contributed by atoms with Gasteiger partial charge in [0.15, 0.2) is 5.71 Å². The monoisotopic (exact) mass is 569 g/mol. The quantitative estimate of drug-likeness (QED) is 0.203. The Balaban J connectivity index is 1.75. The standard InChI is InChI=1S/C34H39N3O3S/c1-6-36(7-2)30-21-15-27(16-22-30)34(28-17-23-31(24-18-28)37(8-3)9-4)26-13-19-29(20-14-26)35(5)32-11-10-12-33(25-32)41(38,39)40/h10-25H,6-9H2,1-5H3. The molecule has 1 aliphatic carbocycles. The predicted octanol–water partition coefficient (Wildman–Crippen LogP) is 6.63. The molecule has 41 heavy (non-hydrogen) atoms. The fraction of sp³-hybridized carbons (Fsp3) is 0.265. The van der Waals surface area contributed by atoms with Crippen molar-refractivity contribution in [1.82, 2.24) is 0 Å². The van der Waals surface area contributed by atoms with Crippen LogP contribution in [0.1, 0.15) is 38.8 Å². The van der Waals surface area contributed by atoms with Crippen LogP contribution >= 0.6 is 0 Å². The molecule has 4 rings (SSSR count). The van der Waals surface area contributed by atoms with E-state index in [1.54, 1.807) is 12.1 Å². The summed E-state index contributed by atoms with van der Waals surface area (Å²) in [5, 5.41) is 0. The normalized spacial score (nSPS) is 12.9. The van der Waals surface area contributed by atoms with Crippen LogP contribution in [0.2, 0.25) is 0 Å². The zero-order valence-electron chi connectivity index (χ0n) is 24.5. The van der Waals surface area contributed by atoms with Gasteiger partial charge in [0.05, 0.1) is 4.90 Å². The van der Waals surface area contributed by atoms with Crippen molar-refractivity contribution in [3.05, 3.63) is 114 Å². The fourth-order valence-electron chi connectivity index (χ4n) is 5.20. The highest BCUT2D eigenvalue weighted by molar-refractivity contribution is 7.85. The topological polar surface area (TPSA) is 66.7 Å². The molecular weight excluding hydrogens is 530 g/mol. The van der Waals surface area contributed by atoms with Crippen LogP contribution in [0, 0.1) is 0 Å². The third-order valence-electron chi connectivity index (χ3n) is 7.61. The van der Waals surface area contributed by atoms with E-state index >= 15 is 0 Å². The molecule has 0 spiro atoms. The first-order chi connectivity index (χ1) is 19.7. The van der Waals surface area contributed by atoms with Gasteiger partial charge in [-0.1, -0.05) is 30.3 Å². The van der Waals surface area contributed by atoms with Crippen molar-refractivity contribution >= 4 is 38.5 Å². The number of nitrogens with zero attached hydrogens (tertiary/aromatic N) is 3. The highest BCUT2D eigenvalue weighted by Crippen LogP contribution is 2.33. The van der Waals surface area contributed by atoms with Gasteiger partial charge in [0.2, 0.25) is 0 Å². The summed E-state index contributed by atoms with van der Waals surface area (Å²) in [4.78, 5) is 3.96. The average molecular weight is 570 g/mol. The van der Waals surface area contributed by atoms with Gasteiger partial charge in [0, 0.05) is 49.4 Å². The molecule has 0 aromatic heterocycles. The highest BCUT2D eigenvalue weighted by Gasteiger charge is 2.16. The van der Waals surface area contributed by atoms with Gasteiger partial charge >= 0.3 is 0 Å². The molecule has 0 N–H and O–H groups in total. The lowest BCUT2D eigenvalue weighted by Crippen LogP contribution is -2.21. The minimum absolute atomic E-state index is 0.240. The van der Waals surface area contributed by atoms with E-state index in [2.05, 4.69) is 97.9 Å². The lowest BCUT2D eigenvalue weighted by molar-refractivity contribution is -0.519. The molecule has 1 aliphatic rings. The maximum Gasteiger partial charge on any atom is 0.199 e. The van der Waals surface area contributed by atoms with Crippen molar-refractivity contribution in [2.45, 2.75) is 32.6 Å². The molecule has 6 nitrogen and oxygen atoms in total. The van der Waals surface area contributed by atoms with Gasteiger partial charge in [-0.25, -0.2) is 13.0 Å². The second-order valence-corrected chi connectivity index (χ2v) is 11.3. The molecule has 0 aliphatic heterocycles. The summed E-state index contributed by atoms with van der Waals surface area (Å²) >= 11 is 0. The van der Waals surface area contributed by atoms with Crippen LogP contribution in [0.3, 0.4) is 0 Å². The molecule has 0 bridgehead atoms. The van der Waals surface area contributed by atoms with E-state index < -0.39 is 10.1 Å². The molecule has 7 heteroatoms. The van der Waals surface area contributed by atoms with Crippen LogP contribution in [0.15, 0.2) is 108 Å². The van der Waals surface area contributed by atoms with Crippen LogP contribution in [0.4, 0.5) is 17.1 Å². The first kappa shape index (κ1) is 30.0. The van der Waals surface area contributed by atoms with E-state index in [1.807, 2.05) is 24.1 Å². The second-order valence-electron chi connectivity index (χ2n) is 9.87. The maximum atomic E-state index is 11.5. The van der Waals surface area contributed by atoms with Gasteiger partial charge < -0.3 is 14.4 Å². The Labute approximate surface area is 245 Å². The summed E-state index contributed by atoms with van der Waals surface area (Å²) in [5.74, 6) is 0. The number of hydrogen-bond donors (Lipinski definition) is 0. The van der Waals surface area contributed by atoms with Crippen LogP contribution in [0.25, 0.3) is 5.57 Å². The summed E-state index contributed by atoms with van der Waals surface area (Å²) in [6.45, 7) is 12.5. The van der Waals surface area contributed by atoms with Gasteiger partial charge in [-0.2, -0.15) is 0 Å². The first-order valence-corrected chi connectivity index (χ1v) is 15.6. The van der Waals surface area contributed by atoms with E-state index in [1.165, 1.54) is 23.5 Å². The molecule has 0 heterocycles. The molecule has 3 aromatic carbocycles. The minimum Gasteiger partial charge on any atom is -0.744 e. The molecule has 214 valence electrons. The van der Waals surface area contributed by atoms with Crippen molar-refractivity contribution in [2.75, 3.05) is 43.0 Å². The number of rotatable bonds is 10. The van der Waals surface area contributed by atoms with Crippen molar-refractivity contribution in [3.63, 3.8) is 0 Å². The minimum atomic E-state index is -4.53. The van der Waals surface area contributed by atoms with Crippen molar-refractivity contribution < 1.29 is 17.5 Å². The molecule has 3 aromatic rings. The van der Waals surface area contributed by atoms with Crippen LogP contribution in [0.5, 0.6) is 0 Å². The summed E-state index contributed by atoms with van der Waals surface area (Å²) in [5.41, 5.74) is 8.38. The Morgan fingerprint density at radius 1 is 0.732 bits per heavy atom. The Hall–Kier alpha value is -3.94. The Kier molecular flexibility index (Phi) is 9.63. The lowest BCUT2D eigenvalue weighted by Gasteiger charge is -2.23. The third-order valence-corrected chi connectivity index (χ3v) is 8.44. The molecule has 0 fully saturated rings. The van der Waals surface area contributed by atoms with Crippen molar-refractivity contribution in [2.24, 2.45) is 0 Å². The molecule has 0 atom stereocenters. The zero-order chi connectivity index (χ0) is 29.6. The van der Waals surface area contributed by atoms with Crippen LogP contribution in [-0.4, -0.2) is 56.5 Å². The second kappa shape index (κ2) is 13.1. The van der Waals surface area contributed by atoms with E-state index in [4.69, 9.17) is 0 Å². The smallest absolute Gasteiger partial charge is 0.199 e. The summed E-state index contributed by atoms with van der Waals surface area (Å²) < 4.78 is 36.9. The molecule has 0 amide bonds. The zero-order valence-corrected chi connectivity index (χ0v) is 25.4. The fourth-order valence-corrected chi connectivity index (χ4v) is 5.71. The summed E-state index contributed by atoms with van der Waals surface area (Å²) in [6, 6.07) is 23.1. The van der Waals surface area contributed by atoms with Gasteiger partial charge in [0.25, 0.3) is 0 Å². The number of hydrogen-bond acceptors (Lipinski definition) is 5. The highest BCUT2D eigenvalue weighted by atomic mass is 32.2. The van der Waals surface area contributed by atoms with E-state index in [0.717, 1.165) is 54.1 Å². The molecule has 0 unspecified atom stereocenters. The van der Waals surface area contributed by atoms with Gasteiger partial charge in [-0.3, -0.25) is 0 Å². The van der Waals surface area contributed by atoms with Crippen LogP contribution in [-0.2, 0) is 10.1 Å². The molecule has 0 radical (unpaired) electrons. The Bertz CT molecular complexity index is 1570. The number of benzene rings is 3.